The Balaban J connectivity index is 2.09. The third-order valence-electron chi connectivity index (χ3n) is 2.73. The fourth-order valence-electron chi connectivity index (χ4n) is 1.86. The van der Waals surface area contributed by atoms with E-state index >= 15 is 0 Å². The van der Waals surface area contributed by atoms with Gasteiger partial charge in [0.2, 0.25) is 0 Å². The number of aliphatic hydroxyl groups excluding tert-OH is 1. The number of alkyl halides is 3. The highest BCUT2D eigenvalue weighted by molar-refractivity contribution is 7.11. The van der Waals surface area contributed by atoms with E-state index in [0.29, 0.717) is 24.4 Å². The molecule has 0 bridgehead atoms. The molecule has 1 N–H and O–H groups in total. The fourth-order valence-corrected chi connectivity index (χ4v) is 2.72. The van der Waals surface area contributed by atoms with Crippen LogP contribution in [0.3, 0.4) is 0 Å². The highest BCUT2D eigenvalue weighted by Gasteiger charge is 2.37. The lowest BCUT2D eigenvalue weighted by atomic mass is 9.99. The Bertz CT molecular complexity index is 393. The zero-order valence-corrected chi connectivity index (χ0v) is 9.88. The van der Waals surface area contributed by atoms with Crippen molar-refractivity contribution in [3.05, 3.63) is 16.1 Å². The van der Waals surface area contributed by atoms with Crippen molar-refractivity contribution in [2.24, 2.45) is 5.92 Å². The largest absolute Gasteiger partial charge is 0.443 e. The second-order valence-electron chi connectivity index (χ2n) is 4.15. The first kappa shape index (κ1) is 12.8. The highest BCUT2D eigenvalue weighted by atomic mass is 32.1. The molecule has 2 heterocycles. The minimum absolute atomic E-state index is 0.0460. The van der Waals surface area contributed by atoms with Crippen molar-refractivity contribution < 1.29 is 23.0 Å². The fraction of sp³-hybridized carbons (Fsp3) is 0.700. The van der Waals surface area contributed by atoms with E-state index < -0.39 is 17.3 Å². The number of aliphatic hydroxyl groups is 1. The number of ether oxygens (including phenoxy) is 1. The number of hydrogen-bond acceptors (Lipinski definition) is 4. The van der Waals surface area contributed by atoms with E-state index in [-0.39, 0.29) is 16.9 Å². The molecule has 1 saturated heterocycles. The minimum Gasteiger partial charge on any atom is -0.387 e. The molecule has 17 heavy (non-hydrogen) atoms. The molecule has 0 aliphatic carbocycles. The molecule has 3 atom stereocenters. The molecule has 1 aromatic heterocycles. The Labute approximate surface area is 100 Å². The molecule has 96 valence electrons. The standard InChI is InChI=1S/C10H12F3NO2S/c1-5-2-6(4-16-5)8(15)7-3-14-9(17-7)10(11,12)13/h3,5-6,8,15H,2,4H2,1H3. The summed E-state index contributed by atoms with van der Waals surface area (Å²) in [5.41, 5.74) is 0. The molecule has 0 spiro atoms. The van der Waals surface area contributed by atoms with Gasteiger partial charge in [0, 0.05) is 12.1 Å². The third-order valence-corrected chi connectivity index (χ3v) is 3.85. The van der Waals surface area contributed by atoms with E-state index in [1.54, 1.807) is 0 Å². The van der Waals surface area contributed by atoms with Crippen molar-refractivity contribution in [2.45, 2.75) is 31.7 Å². The molecule has 0 aromatic carbocycles. The molecule has 1 aliphatic rings. The van der Waals surface area contributed by atoms with Gasteiger partial charge in [-0.05, 0) is 13.3 Å². The zero-order chi connectivity index (χ0) is 12.6. The first-order chi connectivity index (χ1) is 7.88. The Morgan fingerprint density at radius 1 is 1.59 bits per heavy atom. The summed E-state index contributed by atoms with van der Waals surface area (Å²) < 4.78 is 42.3. The lowest BCUT2D eigenvalue weighted by Crippen LogP contribution is -2.11. The first-order valence-corrected chi connectivity index (χ1v) is 6.02. The van der Waals surface area contributed by atoms with Gasteiger partial charge >= 0.3 is 6.18 Å². The Kier molecular flexibility index (Phi) is 3.42. The summed E-state index contributed by atoms with van der Waals surface area (Å²) in [5.74, 6) is -0.147. The molecule has 3 unspecified atom stereocenters. The van der Waals surface area contributed by atoms with E-state index in [4.69, 9.17) is 4.74 Å². The molecule has 0 saturated carbocycles. The van der Waals surface area contributed by atoms with Crippen LogP contribution in [0.5, 0.6) is 0 Å². The van der Waals surface area contributed by atoms with Crippen molar-refractivity contribution in [2.75, 3.05) is 6.61 Å². The summed E-state index contributed by atoms with van der Waals surface area (Å²) >= 11 is 0.494. The van der Waals surface area contributed by atoms with Crippen LogP contribution < -0.4 is 0 Å². The van der Waals surface area contributed by atoms with Crippen LogP contribution in [0.15, 0.2) is 6.20 Å². The Hall–Kier alpha value is -0.660. The Morgan fingerprint density at radius 3 is 2.76 bits per heavy atom. The van der Waals surface area contributed by atoms with Gasteiger partial charge in [-0.2, -0.15) is 13.2 Å². The number of nitrogens with zero attached hydrogens (tertiary/aromatic N) is 1. The van der Waals surface area contributed by atoms with Crippen LogP contribution in [0.2, 0.25) is 0 Å². The molecule has 7 heteroatoms. The van der Waals surface area contributed by atoms with Crippen LogP contribution >= 0.6 is 11.3 Å². The molecule has 3 nitrogen and oxygen atoms in total. The summed E-state index contributed by atoms with van der Waals surface area (Å²) in [6.07, 6.45) is -3.57. The number of rotatable bonds is 2. The lowest BCUT2D eigenvalue weighted by molar-refractivity contribution is -0.137. The second kappa shape index (κ2) is 4.55. The number of hydrogen-bond donors (Lipinski definition) is 1. The third kappa shape index (κ3) is 2.78. The number of thiazole rings is 1. The van der Waals surface area contributed by atoms with Crippen molar-refractivity contribution in [3.8, 4) is 0 Å². The van der Waals surface area contributed by atoms with Gasteiger partial charge in [0.15, 0.2) is 5.01 Å². The van der Waals surface area contributed by atoms with Gasteiger partial charge in [-0.1, -0.05) is 0 Å². The molecule has 0 amide bonds. The van der Waals surface area contributed by atoms with E-state index in [2.05, 4.69) is 4.98 Å². The maximum Gasteiger partial charge on any atom is 0.443 e. The predicted molar refractivity (Wildman–Crippen MR) is 55.6 cm³/mol. The molecule has 2 rings (SSSR count). The predicted octanol–water partition coefficient (Wildman–Crippen LogP) is 2.62. The smallest absolute Gasteiger partial charge is 0.387 e. The summed E-state index contributed by atoms with van der Waals surface area (Å²) in [5, 5.41) is 9.02. The number of aromatic nitrogens is 1. The highest BCUT2D eigenvalue weighted by Crippen LogP contribution is 2.38. The van der Waals surface area contributed by atoms with Crippen molar-refractivity contribution in [3.63, 3.8) is 0 Å². The number of halogens is 3. The Morgan fingerprint density at radius 2 is 2.29 bits per heavy atom. The van der Waals surface area contributed by atoms with Crippen molar-refractivity contribution in [1.29, 1.82) is 0 Å². The van der Waals surface area contributed by atoms with Gasteiger partial charge in [-0.15, -0.1) is 11.3 Å². The van der Waals surface area contributed by atoms with E-state index in [1.165, 1.54) is 0 Å². The van der Waals surface area contributed by atoms with Gasteiger partial charge in [0.1, 0.15) is 0 Å². The molecular weight excluding hydrogens is 255 g/mol. The van der Waals surface area contributed by atoms with Gasteiger partial charge in [-0.3, -0.25) is 0 Å². The van der Waals surface area contributed by atoms with Crippen molar-refractivity contribution >= 4 is 11.3 Å². The van der Waals surface area contributed by atoms with Gasteiger partial charge in [0.05, 0.1) is 23.7 Å². The average Bonchev–Trinajstić information content (AvgIpc) is 2.83. The van der Waals surface area contributed by atoms with Crippen LogP contribution in [0, 0.1) is 5.92 Å². The van der Waals surface area contributed by atoms with E-state index in [1.807, 2.05) is 6.92 Å². The van der Waals surface area contributed by atoms with Crippen LogP contribution in [-0.4, -0.2) is 22.8 Å². The monoisotopic (exact) mass is 267 g/mol. The molecule has 1 fully saturated rings. The molecule has 1 aromatic rings. The normalized spacial score (nSPS) is 27.4. The van der Waals surface area contributed by atoms with E-state index in [0.717, 1.165) is 6.20 Å². The summed E-state index contributed by atoms with van der Waals surface area (Å²) in [7, 11) is 0. The van der Waals surface area contributed by atoms with Crippen LogP contribution in [0.4, 0.5) is 13.2 Å². The van der Waals surface area contributed by atoms with E-state index in [9.17, 15) is 18.3 Å². The molecular formula is C10H12F3NO2S. The SMILES string of the molecule is CC1CC(C(O)c2cnc(C(F)(F)F)s2)CO1. The quantitative estimate of drug-likeness (QED) is 0.895. The van der Waals surface area contributed by atoms with Crippen LogP contribution in [0.1, 0.15) is 29.3 Å². The molecule has 0 radical (unpaired) electrons. The average molecular weight is 267 g/mol. The lowest BCUT2D eigenvalue weighted by Gasteiger charge is -2.14. The van der Waals surface area contributed by atoms with Crippen molar-refractivity contribution in [1.82, 2.24) is 4.98 Å². The summed E-state index contributed by atoms with van der Waals surface area (Å²) in [6.45, 7) is 2.25. The minimum atomic E-state index is -4.44. The maximum absolute atomic E-state index is 12.3. The van der Waals surface area contributed by atoms with Gasteiger partial charge < -0.3 is 9.84 Å². The maximum atomic E-state index is 12.3. The van der Waals surface area contributed by atoms with Gasteiger partial charge in [-0.25, -0.2) is 4.98 Å². The molecule has 1 aliphatic heterocycles. The topological polar surface area (TPSA) is 42.4 Å². The summed E-state index contributed by atoms with van der Waals surface area (Å²) in [4.78, 5) is 3.54. The van der Waals surface area contributed by atoms with Crippen LogP contribution in [0.25, 0.3) is 0 Å². The zero-order valence-electron chi connectivity index (χ0n) is 9.07. The summed E-state index contributed by atoms with van der Waals surface area (Å²) in [6, 6.07) is 0. The van der Waals surface area contributed by atoms with Crippen LogP contribution in [-0.2, 0) is 10.9 Å². The second-order valence-corrected chi connectivity index (χ2v) is 5.21. The first-order valence-electron chi connectivity index (χ1n) is 5.20. The van der Waals surface area contributed by atoms with Gasteiger partial charge in [0.25, 0.3) is 0 Å².